The van der Waals surface area contributed by atoms with Crippen molar-refractivity contribution in [2.75, 3.05) is 23.8 Å². The van der Waals surface area contributed by atoms with Gasteiger partial charge in [0.1, 0.15) is 24.1 Å². The number of hydrogen-bond acceptors (Lipinski definition) is 11. The Kier molecular flexibility index (Phi) is 9.07. The number of aryl methyl sites for hydroxylation is 1. The molecule has 13 nitrogen and oxygen atoms in total. The molecule has 3 aromatic heterocycles. The number of H-pyrrole nitrogens is 1. The fourth-order valence-electron chi connectivity index (χ4n) is 6.14. The number of aliphatic hydroxyl groups excluding tert-OH is 3. The summed E-state index contributed by atoms with van der Waals surface area (Å²) in [5.74, 6) is 1.52. The third kappa shape index (κ3) is 6.49. The van der Waals surface area contributed by atoms with Crippen LogP contribution < -0.4 is 10.6 Å². The highest BCUT2D eigenvalue weighted by molar-refractivity contribution is 5.84. The monoisotopic (exact) mass is 647 g/mol. The van der Waals surface area contributed by atoms with Gasteiger partial charge in [0.05, 0.1) is 19.0 Å². The second kappa shape index (κ2) is 13.9. The Hall–Kier alpha value is -5.21. The van der Waals surface area contributed by atoms with Crippen LogP contribution in [0.15, 0.2) is 97.3 Å². The second-order valence-electron chi connectivity index (χ2n) is 11.9. The molecule has 3 aromatic carbocycles. The number of nitrogens with zero attached hydrogens (tertiary/aromatic N) is 6. The number of aromatic nitrogens is 7. The molecule has 1 aliphatic rings. The molecule has 48 heavy (non-hydrogen) atoms. The minimum absolute atomic E-state index is 0.000404. The Bertz CT molecular complexity index is 1900. The molecule has 1 saturated heterocycles. The summed E-state index contributed by atoms with van der Waals surface area (Å²) in [6.07, 6.45) is -2.51. The largest absolute Gasteiger partial charge is 0.394 e. The number of benzene rings is 3. The van der Waals surface area contributed by atoms with Crippen molar-refractivity contribution in [2.24, 2.45) is 0 Å². The van der Waals surface area contributed by atoms with Crippen LogP contribution in [0.2, 0.25) is 0 Å². The molecule has 0 aliphatic carbocycles. The van der Waals surface area contributed by atoms with Crippen LogP contribution in [0.25, 0.3) is 11.2 Å². The van der Waals surface area contributed by atoms with Gasteiger partial charge in [0.25, 0.3) is 0 Å². The highest BCUT2D eigenvalue weighted by Gasteiger charge is 2.46. The fourth-order valence-corrected chi connectivity index (χ4v) is 6.14. The molecule has 0 bridgehead atoms. The molecule has 0 spiro atoms. The van der Waals surface area contributed by atoms with Crippen molar-refractivity contribution in [2.45, 2.75) is 49.8 Å². The van der Waals surface area contributed by atoms with Gasteiger partial charge in [0, 0.05) is 12.5 Å². The molecule has 5 atom stereocenters. The van der Waals surface area contributed by atoms with Crippen LogP contribution in [0.3, 0.4) is 0 Å². The number of hydrogen-bond donors (Lipinski definition) is 6. The predicted octanol–water partition coefficient (Wildman–Crippen LogP) is 3.50. The number of aromatic amines is 1. The molecule has 0 radical (unpaired) electrons. The molecule has 13 heteroatoms. The molecular formula is C35H37N9O4. The Morgan fingerprint density at radius 1 is 0.875 bits per heavy atom. The van der Waals surface area contributed by atoms with E-state index in [1.807, 2.05) is 66.7 Å². The zero-order valence-corrected chi connectivity index (χ0v) is 26.3. The van der Waals surface area contributed by atoms with Crippen LogP contribution in [0.4, 0.5) is 11.8 Å². The Morgan fingerprint density at radius 3 is 2.17 bits per heavy atom. The molecule has 0 saturated carbocycles. The van der Waals surface area contributed by atoms with Crippen molar-refractivity contribution in [1.29, 1.82) is 0 Å². The molecule has 1 unspecified atom stereocenters. The lowest BCUT2D eigenvalue weighted by Crippen LogP contribution is -2.29. The highest BCUT2D eigenvalue weighted by atomic mass is 16.6. The molecule has 6 N–H and O–H groups in total. The van der Waals surface area contributed by atoms with Crippen LogP contribution in [-0.2, 0) is 11.2 Å². The number of imidazole rings is 1. The van der Waals surface area contributed by atoms with Crippen LogP contribution >= 0.6 is 0 Å². The third-order valence-electron chi connectivity index (χ3n) is 8.57. The van der Waals surface area contributed by atoms with Gasteiger partial charge in [0.15, 0.2) is 29.0 Å². The average molecular weight is 648 g/mol. The van der Waals surface area contributed by atoms with Crippen molar-refractivity contribution < 1.29 is 20.1 Å². The summed E-state index contributed by atoms with van der Waals surface area (Å²) in [5.41, 5.74) is 4.14. The topological polar surface area (TPSA) is 179 Å². The van der Waals surface area contributed by atoms with Crippen molar-refractivity contribution in [3.63, 3.8) is 0 Å². The minimum atomic E-state index is -1.32. The van der Waals surface area contributed by atoms with Crippen molar-refractivity contribution >= 4 is 22.9 Å². The van der Waals surface area contributed by atoms with Gasteiger partial charge in [-0.05, 0) is 30.0 Å². The number of nitrogens with one attached hydrogen (secondary N) is 3. The summed E-state index contributed by atoms with van der Waals surface area (Å²) >= 11 is 0. The molecule has 4 heterocycles. The number of rotatable bonds is 12. The van der Waals surface area contributed by atoms with Gasteiger partial charge in [-0.2, -0.15) is 15.1 Å². The van der Waals surface area contributed by atoms with Crippen LogP contribution in [0.1, 0.15) is 46.6 Å². The summed E-state index contributed by atoms with van der Waals surface area (Å²) in [4.78, 5) is 18.6. The average Bonchev–Trinajstić information content (AvgIpc) is 3.83. The first kappa shape index (κ1) is 31.4. The summed E-state index contributed by atoms with van der Waals surface area (Å²) < 4.78 is 7.75. The maximum atomic E-state index is 11.1. The molecule has 6 aromatic rings. The van der Waals surface area contributed by atoms with Gasteiger partial charge in [-0.25, -0.2) is 9.97 Å². The first-order valence-corrected chi connectivity index (χ1v) is 15.9. The lowest BCUT2D eigenvalue weighted by molar-refractivity contribution is -0.0382. The van der Waals surface area contributed by atoms with Crippen molar-refractivity contribution in [3.8, 4) is 0 Å². The maximum absolute atomic E-state index is 11.1. The summed E-state index contributed by atoms with van der Waals surface area (Å²) in [6.45, 7) is 2.06. The van der Waals surface area contributed by atoms with E-state index < -0.39 is 24.5 Å². The van der Waals surface area contributed by atoms with E-state index >= 15 is 0 Å². The van der Waals surface area contributed by atoms with E-state index in [0.29, 0.717) is 41.6 Å². The second-order valence-corrected chi connectivity index (χ2v) is 11.9. The van der Waals surface area contributed by atoms with Gasteiger partial charge >= 0.3 is 0 Å². The smallest absolute Gasteiger partial charge is 0.227 e. The van der Waals surface area contributed by atoms with Gasteiger partial charge < -0.3 is 30.7 Å². The molecule has 1 aliphatic heterocycles. The molecule has 0 amide bonds. The molecule has 7 rings (SSSR count). The maximum Gasteiger partial charge on any atom is 0.227 e. The SMILES string of the molecule is Cc1n[nH]c([C@H]2O[C@@H](n3cnc4c(NCC(c5ccccc5)c5ccccc5)nc(NC(CO)Cc5ccccc5)nc43)[C@H](O)[C@@H]2O)n1. The van der Waals surface area contributed by atoms with E-state index in [2.05, 4.69) is 55.1 Å². The first-order chi connectivity index (χ1) is 23.5. The summed E-state index contributed by atoms with van der Waals surface area (Å²) in [5, 5.41) is 46.0. The lowest BCUT2D eigenvalue weighted by Gasteiger charge is -2.21. The highest BCUT2D eigenvalue weighted by Crippen LogP contribution is 2.39. The number of anilines is 2. The van der Waals surface area contributed by atoms with E-state index in [0.717, 1.165) is 16.7 Å². The van der Waals surface area contributed by atoms with Crippen molar-refractivity contribution in [1.82, 2.24) is 34.7 Å². The van der Waals surface area contributed by atoms with Gasteiger partial charge in [-0.3, -0.25) is 9.67 Å². The quantitative estimate of drug-likeness (QED) is 0.115. The molecule has 246 valence electrons. The van der Waals surface area contributed by atoms with E-state index in [4.69, 9.17) is 14.7 Å². The zero-order valence-electron chi connectivity index (χ0n) is 26.3. The molecular weight excluding hydrogens is 610 g/mol. The van der Waals surface area contributed by atoms with Crippen LogP contribution in [0.5, 0.6) is 0 Å². The van der Waals surface area contributed by atoms with Gasteiger partial charge in [0.2, 0.25) is 5.95 Å². The normalized spacial score (nSPS) is 19.9. The molecule has 1 fully saturated rings. The van der Waals surface area contributed by atoms with E-state index in [9.17, 15) is 15.3 Å². The van der Waals surface area contributed by atoms with Gasteiger partial charge in [-0.15, -0.1) is 0 Å². The minimum Gasteiger partial charge on any atom is -0.394 e. The standard InChI is InChI=1S/C35H37N9O4/c1-21-38-32(43-42-21)30-28(46)29(47)34(48-30)44-20-37-27-31(36-18-26(23-13-7-3-8-14-23)24-15-9-4-10-16-24)40-35(41-33(27)44)39-25(19-45)17-22-11-5-2-6-12-22/h2-16,20,25-26,28-30,34,45-47H,17-19H2,1H3,(H,38,42,43)(H2,36,39,40,41)/t25?,28-,29+,30-,34+/m0/s1. The Labute approximate surface area is 276 Å². The third-order valence-corrected chi connectivity index (χ3v) is 8.57. The Balaban J connectivity index is 1.25. The van der Waals surface area contributed by atoms with Crippen LogP contribution in [0, 0.1) is 6.92 Å². The number of aliphatic hydroxyl groups is 3. The van der Waals surface area contributed by atoms with Crippen molar-refractivity contribution in [3.05, 3.63) is 126 Å². The zero-order chi connectivity index (χ0) is 33.0. The summed E-state index contributed by atoms with van der Waals surface area (Å²) in [7, 11) is 0. The Morgan fingerprint density at radius 2 is 1.54 bits per heavy atom. The lowest BCUT2D eigenvalue weighted by atomic mass is 9.91. The van der Waals surface area contributed by atoms with Gasteiger partial charge in [-0.1, -0.05) is 91.0 Å². The fraction of sp³-hybridized carbons (Fsp3) is 0.286. The van der Waals surface area contributed by atoms with E-state index in [-0.39, 0.29) is 24.5 Å². The summed E-state index contributed by atoms with van der Waals surface area (Å²) in [6, 6.07) is 30.0. The van der Waals surface area contributed by atoms with E-state index in [1.165, 1.54) is 6.33 Å². The number of fused-ring (bicyclic) bond motifs is 1. The first-order valence-electron chi connectivity index (χ1n) is 15.9. The number of ether oxygens (including phenoxy) is 1. The van der Waals surface area contributed by atoms with Crippen LogP contribution in [-0.4, -0.2) is 81.4 Å². The predicted molar refractivity (Wildman–Crippen MR) is 179 cm³/mol. The van der Waals surface area contributed by atoms with E-state index in [1.54, 1.807) is 11.5 Å².